The highest BCUT2D eigenvalue weighted by Gasteiger charge is 2.22. The van der Waals surface area contributed by atoms with Gasteiger partial charge in [0.2, 0.25) is 0 Å². The number of ether oxygens (including phenoxy) is 1. The second kappa shape index (κ2) is 7.20. The molecular weight excluding hydrogens is 318 g/mol. The minimum atomic E-state index is -0.824. The predicted molar refractivity (Wildman–Crippen MR) is 82.7 cm³/mol. The Bertz CT molecular complexity index is 706. The second-order valence-corrected chi connectivity index (χ2v) is 5.31. The van der Waals surface area contributed by atoms with Crippen LogP contribution in [-0.2, 0) is 4.79 Å². The van der Waals surface area contributed by atoms with Gasteiger partial charge in [-0.05, 0) is 24.3 Å². The molecule has 0 aliphatic carbocycles. The summed E-state index contributed by atoms with van der Waals surface area (Å²) < 4.78 is 31.5. The molecule has 0 unspecified atom stereocenters. The summed E-state index contributed by atoms with van der Waals surface area (Å²) in [6.45, 7) is 2.02. The maximum Gasteiger partial charge on any atom is 0.260 e. The number of hydrogen-bond acceptors (Lipinski definition) is 5. The van der Waals surface area contributed by atoms with Crippen LogP contribution in [0.3, 0.4) is 0 Å². The molecule has 3 rings (SSSR count). The number of benzene rings is 1. The number of carbonyl (C=O) groups excluding carboxylic acids is 1. The smallest absolute Gasteiger partial charge is 0.260 e. The van der Waals surface area contributed by atoms with Crippen LogP contribution < -0.4 is 9.64 Å². The quantitative estimate of drug-likeness (QED) is 0.848. The molecule has 0 radical (unpaired) electrons. The fourth-order valence-corrected chi connectivity index (χ4v) is 2.47. The molecule has 2 aromatic rings. The molecule has 0 saturated carbocycles. The molecule has 0 bridgehead atoms. The summed E-state index contributed by atoms with van der Waals surface area (Å²) in [5, 5.41) is 7.88. The van der Waals surface area contributed by atoms with Crippen molar-refractivity contribution in [3.05, 3.63) is 48.2 Å². The Kier molecular flexibility index (Phi) is 4.83. The number of halogens is 2. The van der Waals surface area contributed by atoms with Gasteiger partial charge in [0.05, 0.1) is 0 Å². The van der Waals surface area contributed by atoms with Crippen LogP contribution in [0.5, 0.6) is 5.75 Å². The lowest BCUT2D eigenvalue weighted by molar-refractivity contribution is -0.133. The average molecular weight is 334 g/mol. The average Bonchev–Trinajstić information content (AvgIpc) is 2.62. The monoisotopic (exact) mass is 334 g/mol. The van der Waals surface area contributed by atoms with E-state index in [1.165, 1.54) is 6.07 Å². The first kappa shape index (κ1) is 16.1. The third-order valence-electron chi connectivity index (χ3n) is 3.76. The van der Waals surface area contributed by atoms with Crippen LogP contribution in [0, 0.1) is 11.6 Å². The molecule has 6 nitrogen and oxygen atoms in total. The number of anilines is 1. The van der Waals surface area contributed by atoms with E-state index in [0.29, 0.717) is 26.2 Å². The van der Waals surface area contributed by atoms with Gasteiger partial charge in [-0.15, -0.1) is 5.10 Å². The third-order valence-corrected chi connectivity index (χ3v) is 3.76. The molecule has 1 saturated heterocycles. The number of amides is 1. The van der Waals surface area contributed by atoms with Crippen molar-refractivity contribution in [2.75, 3.05) is 37.7 Å². The minimum absolute atomic E-state index is 0.136. The molecule has 0 spiro atoms. The standard InChI is InChI=1S/C16H16F2N4O2/c17-12-3-4-14(13(18)10-12)24-11-16(23)22-8-6-21(7-9-22)15-2-1-5-19-20-15/h1-5,10H,6-9,11H2. The summed E-state index contributed by atoms with van der Waals surface area (Å²) in [6, 6.07) is 6.65. The largest absolute Gasteiger partial charge is 0.481 e. The van der Waals surface area contributed by atoms with Crippen molar-refractivity contribution in [3.63, 3.8) is 0 Å². The summed E-state index contributed by atoms with van der Waals surface area (Å²) in [5.74, 6) is -1.11. The van der Waals surface area contributed by atoms with E-state index in [2.05, 4.69) is 10.2 Å². The summed E-state index contributed by atoms with van der Waals surface area (Å²) in [7, 11) is 0. The molecular formula is C16H16F2N4O2. The number of nitrogens with zero attached hydrogens (tertiary/aromatic N) is 4. The molecule has 1 aliphatic rings. The van der Waals surface area contributed by atoms with Crippen LogP contribution >= 0.6 is 0 Å². The Morgan fingerprint density at radius 1 is 1.17 bits per heavy atom. The van der Waals surface area contributed by atoms with E-state index < -0.39 is 11.6 Å². The first-order valence-corrected chi connectivity index (χ1v) is 7.52. The van der Waals surface area contributed by atoms with Gasteiger partial charge >= 0.3 is 0 Å². The van der Waals surface area contributed by atoms with E-state index >= 15 is 0 Å². The molecule has 24 heavy (non-hydrogen) atoms. The molecule has 2 heterocycles. The Balaban J connectivity index is 1.50. The minimum Gasteiger partial charge on any atom is -0.481 e. The molecule has 1 aliphatic heterocycles. The van der Waals surface area contributed by atoms with E-state index in [1.54, 1.807) is 11.1 Å². The van der Waals surface area contributed by atoms with Crippen molar-refractivity contribution in [1.29, 1.82) is 0 Å². The zero-order chi connectivity index (χ0) is 16.9. The van der Waals surface area contributed by atoms with Crippen molar-refractivity contribution < 1.29 is 18.3 Å². The Hall–Kier alpha value is -2.77. The SMILES string of the molecule is O=C(COc1ccc(F)cc1F)N1CCN(c2cccnn2)CC1. The van der Waals surface area contributed by atoms with Crippen LogP contribution in [0.4, 0.5) is 14.6 Å². The van der Waals surface area contributed by atoms with Gasteiger partial charge in [0.25, 0.3) is 5.91 Å². The van der Waals surface area contributed by atoms with Crippen LogP contribution in [-0.4, -0.2) is 53.8 Å². The fourth-order valence-electron chi connectivity index (χ4n) is 2.47. The van der Waals surface area contributed by atoms with Gasteiger partial charge < -0.3 is 14.5 Å². The van der Waals surface area contributed by atoms with Gasteiger partial charge in [0.1, 0.15) is 5.82 Å². The Morgan fingerprint density at radius 3 is 2.62 bits per heavy atom. The van der Waals surface area contributed by atoms with Gasteiger partial charge in [-0.2, -0.15) is 5.10 Å². The zero-order valence-corrected chi connectivity index (χ0v) is 12.9. The maximum atomic E-state index is 13.5. The van der Waals surface area contributed by atoms with Gasteiger partial charge in [-0.25, -0.2) is 8.78 Å². The van der Waals surface area contributed by atoms with Crippen LogP contribution in [0.1, 0.15) is 0 Å². The molecule has 1 aromatic heterocycles. The van der Waals surface area contributed by atoms with E-state index in [1.807, 2.05) is 17.0 Å². The van der Waals surface area contributed by atoms with Crippen molar-refractivity contribution >= 4 is 11.7 Å². The number of aromatic nitrogens is 2. The Morgan fingerprint density at radius 2 is 1.96 bits per heavy atom. The topological polar surface area (TPSA) is 58.6 Å². The highest BCUT2D eigenvalue weighted by molar-refractivity contribution is 5.78. The molecule has 0 atom stereocenters. The lowest BCUT2D eigenvalue weighted by Crippen LogP contribution is -2.50. The van der Waals surface area contributed by atoms with E-state index in [9.17, 15) is 13.6 Å². The highest BCUT2D eigenvalue weighted by atomic mass is 19.1. The van der Waals surface area contributed by atoms with Gasteiger partial charge in [-0.1, -0.05) is 0 Å². The van der Waals surface area contributed by atoms with Crippen molar-refractivity contribution in [2.24, 2.45) is 0 Å². The van der Waals surface area contributed by atoms with Crippen LogP contribution in [0.25, 0.3) is 0 Å². The maximum absolute atomic E-state index is 13.5. The number of rotatable bonds is 4. The highest BCUT2D eigenvalue weighted by Crippen LogP contribution is 2.18. The molecule has 1 aromatic carbocycles. The summed E-state index contributed by atoms with van der Waals surface area (Å²) >= 11 is 0. The normalized spacial score (nSPS) is 14.6. The third kappa shape index (κ3) is 3.76. The van der Waals surface area contributed by atoms with Crippen molar-refractivity contribution in [1.82, 2.24) is 15.1 Å². The molecule has 1 amide bonds. The number of carbonyl (C=O) groups is 1. The molecule has 1 fully saturated rings. The van der Waals surface area contributed by atoms with Gasteiger partial charge in [-0.3, -0.25) is 4.79 Å². The summed E-state index contributed by atoms with van der Waals surface area (Å²) in [5.41, 5.74) is 0. The van der Waals surface area contributed by atoms with E-state index in [0.717, 1.165) is 18.0 Å². The van der Waals surface area contributed by atoms with Gasteiger partial charge in [0, 0.05) is 38.4 Å². The lowest BCUT2D eigenvalue weighted by atomic mass is 10.3. The van der Waals surface area contributed by atoms with E-state index in [4.69, 9.17) is 4.74 Å². The summed E-state index contributed by atoms with van der Waals surface area (Å²) in [6.07, 6.45) is 1.61. The number of hydrogen-bond donors (Lipinski definition) is 0. The zero-order valence-electron chi connectivity index (χ0n) is 12.9. The second-order valence-electron chi connectivity index (χ2n) is 5.31. The summed E-state index contributed by atoms with van der Waals surface area (Å²) in [4.78, 5) is 15.8. The van der Waals surface area contributed by atoms with Crippen molar-refractivity contribution in [2.45, 2.75) is 0 Å². The molecule has 8 heteroatoms. The Labute approximate surface area is 137 Å². The first-order chi connectivity index (χ1) is 11.6. The van der Waals surface area contributed by atoms with Gasteiger partial charge in [0.15, 0.2) is 24.0 Å². The predicted octanol–water partition coefficient (Wildman–Crippen LogP) is 1.48. The van der Waals surface area contributed by atoms with Crippen molar-refractivity contribution in [3.8, 4) is 5.75 Å². The molecule has 126 valence electrons. The number of piperazine rings is 1. The first-order valence-electron chi connectivity index (χ1n) is 7.52. The van der Waals surface area contributed by atoms with Crippen LogP contribution in [0.2, 0.25) is 0 Å². The van der Waals surface area contributed by atoms with E-state index in [-0.39, 0.29) is 18.3 Å². The van der Waals surface area contributed by atoms with Crippen LogP contribution in [0.15, 0.2) is 36.5 Å². The fraction of sp³-hybridized carbons (Fsp3) is 0.312. The lowest BCUT2D eigenvalue weighted by Gasteiger charge is -2.35. The molecule has 0 N–H and O–H groups in total.